The number of aryl methyl sites for hydroxylation is 2. The van der Waals surface area contributed by atoms with Crippen LogP contribution in [-0.2, 0) is 17.8 Å². The van der Waals surface area contributed by atoms with E-state index < -0.39 is 5.97 Å². The third-order valence-corrected chi connectivity index (χ3v) is 6.05. The number of benzene rings is 3. The number of carboxylic acids is 1. The number of fused-ring (bicyclic) bond motifs is 1. The smallest absolute Gasteiger partial charge is 0.303 e. The molecule has 0 unspecified atom stereocenters. The van der Waals surface area contributed by atoms with Gasteiger partial charge in [-0.3, -0.25) is 4.79 Å². The molecule has 1 heterocycles. The molecular weight excluding hydrogens is 461 g/mol. The van der Waals surface area contributed by atoms with Gasteiger partial charge in [0.2, 0.25) is 0 Å². The number of carboxylic acid groups (broad SMARTS) is 1. The molecule has 1 N–H and O–H groups in total. The molecule has 0 aliphatic heterocycles. The number of carbonyl (C=O) groups is 1. The van der Waals surface area contributed by atoms with Gasteiger partial charge in [0, 0.05) is 17.5 Å². The molecule has 0 aliphatic rings. The van der Waals surface area contributed by atoms with E-state index in [4.69, 9.17) is 4.74 Å². The fourth-order valence-electron chi connectivity index (χ4n) is 3.62. The summed E-state index contributed by atoms with van der Waals surface area (Å²) in [4.78, 5) is 11.2. The van der Waals surface area contributed by atoms with E-state index in [-0.39, 0.29) is 12.2 Å². The Morgan fingerprint density at radius 2 is 1.87 bits per heavy atom. The maximum absolute atomic E-state index is 13.8. The molecule has 0 atom stereocenters. The first-order valence-corrected chi connectivity index (χ1v) is 10.7. The number of hydrogen-bond acceptors (Lipinski definition) is 2. The Kier molecular flexibility index (Phi) is 6.09. The molecule has 4 rings (SSSR count). The fourth-order valence-corrected chi connectivity index (χ4v) is 4.43. The largest absolute Gasteiger partial charge is 0.489 e. The second-order valence-electron chi connectivity index (χ2n) is 7.39. The van der Waals surface area contributed by atoms with E-state index in [0.717, 1.165) is 32.3 Å². The second-order valence-corrected chi connectivity index (χ2v) is 8.14. The molecule has 3 aromatic carbocycles. The van der Waals surface area contributed by atoms with E-state index in [1.807, 2.05) is 53.1 Å². The van der Waals surface area contributed by atoms with Gasteiger partial charge < -0.3 is 14.4 Å². The van der Waals surface area contributed by atoms with Crippen molar-refractivity contribution in [3.63, 3.8) is 0 Å². The fraction of sp³-hybridized carbons (Fsp3) is 0.160. The highest BCUT2D eigenvalue weighted by atomic mass is 79.9. The van der Waals surface area contributed by atoms with Crippen LogP contribution in [0.1, 0.15) is 23.1 Å². The predicted octanol–water partition coefficient (Wildman–Crippen LogP) is 6.44. The van der Waals surface area contributed by atoms with Gasteiger partial charge in [-0.2, -0.15) is 0 Å². The van der Waals surface area contributed by atoms with Crippen molar-refractivity contribution in [2.75, 3.05) is 0 Å². The van der Waals surface area contributed by atoms with Gasteiger partial charge in [0.1, 0.15) is 18.2 Å². The molecule has 0 fully saturated rings. The van der Waals surface area contributed by atoms with Crippen LogP contribution in [0.2, 0.25) is 0 Å². The molecule has 1 aromatic heterocycles. The number of hydrogen-bond donors (Lipinski definition) is 1. The number of aromatic nitrogens is 1. The SMILES string of the molecule is Cc1cc(-n2c(Br)c(CCC(=O)O)c3cc(OCc4ccccc4)ccc32)ccc1F. The number of nitrogens with zero attached hydrogens (tertiary/aromatic N) is 1. The first-order valence-electron chi connectivity index (χ1n) is 9.92. The Labute approximate surface area is 188 Å². The molecule has 0 saturated heterocycles. The Bertz CT molecular complexity index is 1250. The van der Waals surface area contributed by atoms with Crippen molar-refractivity contribution in [2.24, 2.45) is 0 Å². The summed E-state index contributed by atoms with van der Waals surface area (Å²) in [5.41, 5.74) is 4.18. The molecule has 158 valence electrons. The minimum atomic E-state index is -0.859. The quantitative estimate of drug-likeness (QED) is 0.330. The molecule has 0 radical (unpaired) electrons. The molecule has 4 aromatic rings. The monoisotopic (exact) mass is 481 g/mol. The molecule has 4 nitrogen and oxygen atoms in total. The van der Waals surface area contributed by atoms with Crippen LogP contribution in [0.25, 0.3) is 16.6 Å². The summed E-state index contributed by atoms with van der Waals surface area (Å²) in [7, 11) is 0. The van der Waals surface area contributed by atoms with Crippen molar-refractivity contribution in [1.82, 2.24) is 4.57 Å². The van der Waals surface area contributed by atoms with Gasteiger partial charge in [0.05, 0.1) is 10.1 Å². The Morgan fingerprint density at radius 1 is 1.10 bits per heavy atom. The lowest BCUT2D eigenvalue weighted by molar-refractivity contribution is -0.136. The van der Waals surface area contributed by atoms with Crippen molar-refractivity contribution in [1.29, 1.82) is 0 Å². The standard InChI is InChI=1S/C25H21BrFNO3/c1-16-13-18(7-10-22(16)27)28-23-11-8-19(31-15-17-5-3-2-4-6-17)14-21(23)20(25(28)26)9-12-24(29)30/h2-8,10-11,13-14H,9,12,15H2,1H3,(H,29,30). The van der Waals surface area contributed by atoms with Gasteiger partial charge in [-0.25, -0.2) is 4.39 Å². The number of halogens is 2. The Morgan fingerprint density at radius 3 is 2.58 bits per heavy atom. The minimum Gasteiger partial charge on any atom is -0.489 e. The zero-order chi connectivity index (χ0) is 22.0. The van der Waals surface area contributed by atoms with Crippen molar-refractivity contribution >= 4 is 32.8 Å². The molecule has 0 amide bonds. The van der Waals surface area contributed by atoms with Crippen molar-refractivity contribution in [2.45, 2.75) is 26.4 Å². The average Bonchev–Trinajstić information content (AvgIpc) is 3.04. The van der Waals surface area contributed by atoms with Gasteiger partial charge >= 0.3 is 5.97 Å². The number of aliphatic carboxylic acids is 1. The Balaban J connectivity index is 1.78. The normalized spacial score (nSPS) is 11.1. The Hall–Kier alpha value is -3.12. The van der Waals surface area contributed by atoms with Crippen LogP contribution >= 0.6 is 15.9 Å². The highest BCUT2D eigenvalue weighted by Gasteiger charge is 2.18. The highest BCUT2D eigenvalue weighted by molar-refractivity contribution is 9.10. The molecule has 0 aliphatic carbocycles. The van der Waals surface area contributed by atoms with E-state index in [9.17, 15) is 14.3 Å². The van der Waals surface area contributed by atoms with E-state index in [0.29, 0.717) is 24.3 Å². The lowest BCUT2D eigenvalue weighted by Crippen LogP contribution is -1.99. The van der Waals surface area contributed by atoms with Crippen molar-refractivity contribution < 1.29 is 19.0 Å². The summed E-state index contributed by atoms with van der Waals surface area (Å²) in [6.07, 6.45) is 0.372. The van der Waals surface area contributed by atoms with Crippen LogP contribution in [-0.4, -0.2) is 15.6 Å². The lowest BCUT2D eigenvalue weighted by atomic mass is 10.1. The molecule has 6 heteroatoms. The summed E-state index contributed by atoms with van der Waals surface area (Å²) >= 11 is 3.66. The predicted molar refractivity (Wildman–Crippen MR) is 122 cm³/mol. The van der Waals surface area contributed by atoms with Gasteiger partial charge in [-0.05, 0) is 82.4 Å². The van der Waals surface area contributed by atoms with E-state index in [1.165, 1.54) is 6.07 Å². The first-order chi connectivity index (χ1) is 14.9. The first kappa shape index (κ1) is 21.1. The van der Waals surface area contributed by atoms with Crippen LogP contribution < -0.4 is 4.74 Å². The van der Waals surface area contributed by atoms with E-state index in [1.54, 1.807) is 19.1 Å². The average molecular weight is 482 g/mol. The number of ether oxygens (including phenoxy) is 1. The lowest BCUT2D eigenvalue weighted by Gasteiger charge is -2.10. The van der Waals surface area contributed by atoms with Gasteiger partial charge in [0.25, 0.3) is 0 Å². The summed E-state index contributed by atoms with van der Waals surface area (Å²) in [5.74, 6) is -0.422. The van der Waals surface area contributed by atoms with Crippen LogP contribution in [0, 0.1) is 12.7 Å². The molecule has 0 bridgehead atoms. The van der Waals surface area contributed by atoms with Gasteiger partial charge in [-0.1, -0.05) is 30.3 Å². The maximum atomic E-state index is 13.8. The van der Waals surface area contributed by atoms with Crippen molar-refractivity contribution in [3.8, 4) is 11.4 Å². The summed E-state index contributed by atoms with van der Waals surface area (Å²) in [6.45, 7) is 2.16. The summed E-state index contributed by atoms with van der Waals surface area (Å²) < 4.78 is 22.5. The third-order valence-electron chi connectivity index (χ3n) is 5.22. The van der Waals surface area contributed by atoms with E-state index >= 15 is 0 Å². The van der Waals surface area contributed by atoms with Crippen LogP contribution in [0.5, 0.6) is 5.75 Å². The summed E-state index contributed by atoms with van der Waals surface area (Å²) in [6, 6.07) is 20.6. The molecule has 0 spiro atoms. The molecule has 0 saturated carbocycles. The zero-order valence-corrected chi connectivity index (χ0v) is 18.5. The molecular formula is C25H21BrFNO3. The van der Waals surface area contributed by atoms with Crippen LogP contribution in [0.15, 0.2) is 71.3 Å². The van der Waals surface area contributed by atoms with Gasteiger partial charge in [-0.15, -0.1) is 0 Å². The maximum Gasteiger partial charge on any atom is 0.303 e. The van der Waals surface area contributed by atoms with Gasteiger partial charge in [0.15, 0.2) is 0 Å². The zero-order valence-electron chi connectivity index (χ0n) is 16.9. The number of rotatable bonds is 7. The minimum absolute atomic E-state index is 0.00919. The van der Waals surface area contributed by atoms with Crippen molar-refractivity contribution in [3.05, 3.63) is 93.8 Å². The van der Waals surface area contributed by atoms with Crippen LogP contribution in [0.3, 0.4) is 0 Å². The third kappa shape index (κ3) is 4.49. The topological polar surface area (TPSA) is 51.5 Å². The second kappa shape index (κ2) is 8.94. The molecule has 31 heavy (non-hydrogen) atoms. The van der Waals surface area contributed by atoms with Crippen LogP contribution in [0.4, 0.5) is 4.39 Å². The van der Waals surface area contributed by atoms with E-state index in [2.05, 4.69) is 15.9 Å². The summed E-state index contributed by atoms with van der Waals surface area (Å²) in [5, 5.41) is 10.1. The highest BCUT2D eigenvalue weighted by Crippen LogP contribution is 2.36.